The Labute approximate surface area is 154 Å². The lowest BCUT2D eigenvalue weighted by Gasteiger charge is -2.56. The van der Waals surface area contributed by atoms with Gasteiger partial charge in [0.15, 0.2) is 6.29 Å². The zero-order chi connectivity index (χ0) is 16.3. The highest BCUT2D eigenvalue weighted by Crippen LogP contribution is 2.57. The molecule has 132 valence electrons. The first kappa shape index (κ1) is 16.7. The minimum Gasteiger partial charge on any atom is -0.487 e. The van der Waals surface area contributed by atoms with Crippen LogP contribution in [0.1, 0.15) is 48.9 Å². The van der Waals surface area contributed by atoms with Crippen LogP contribution in [0.4, 0.5) is 5.69 Å². The summed E-state index contributed by atoms with van der Waals surface area (Å²) in [5, 5.41) is 1.90. The van der Waals surface area contributed by atoms with Gasteiger partial charge in [-0.05, 0) is 61.7 Å². The number of benzene rings is 2. The van der Waals surface area contributed by atoms with Crippen LogP contribution in [0, 0.1) is 17.8 Å². The topological polar surface area (TPSA) is 52.3 Å². The number of halogens is 1. The SMILES string of the molecule is Cl.Nc1cc(OC23CC4CC(CC(C4)C2)C3)c2ccccc2c1C=O. The Bertz CT molecular complexity index is 797. The molecule has 0 saturated heterocycles. The number of anilines is 1. The molecule has 25 heavy (non-hydrogen) atoms. The number of hydrogen-bond donors (Lipinski definition) is 1. The Morgan fingerprint density at radius 3 is 2.12 bits per heavy atom. The number of nitrogen functional groups attached to an aromatic ring is 1. The van der Waals surface area contributed by atoms with E-state index in [9.17, 15) is 4.79 Å². The van der Waals surface area contributed by atoms with E-state index in [0.29, 0.717) is 11.3 Å². The second-order valence-electron chi connectivity index (χ2n) is 8.24. The van der Waals surface area contributed by atoms with Gasteiger partial charge in [0.2, 0.25) is 0 Å². The zero-order valence-electron chi connectivity index (χ0n) is 14.2. The number of carbonyl (C=O) groups is 1. The molecule has 4 saturated carbocycles. The van der Waals surface area contributed by atoms with Gasteiger partial charge in [0.25, 0.3) is 0 Å². The summed E-state index contributed by atoms with van der Waals surface area (Å²) in [6, 6.07) is 9.81. The molecule has 2 aromatic carbocycles. The van der Waals surface area contributed by atoms with E-state index < -0.39 is 0 Å². The van der Waals surface area contributed by atoms with E-state index in [2.05, 4.69) is 0 Å². The van der Waals surface area contributed by atoms with E-state index in [0.717, 1.165) is 40.6 Å². The number of hydrogen-bond acceptors (Lipinski definition) is 3. The lowest BCUT2D eigenvalue weighted by Crippen LogP contribution is -2.53. The Kier molecular flexibility index (Phi) is 3.95. The third-order valence-corrected chi connectivity index (χ3v) is 6.51. The molecule has 0 radical (unpaired) electrons. The quantitative estimate of drug-likeness (QED) is 0.621. The molecule has 0 aromatic heterocycles. The average Bonchev–Trinajstić information content (AvgIpc) is 2.53. The highest BCUT2D eigenvalue weighted by molar-refractivity contribution is 6.05. The van der Waals surface area contributed by atoms with Crippen molar-refractivity contribution in [3.05, 3.63) is 35.9 Å². The molecule has 0 atom stereocenters. The fraction of sp³-hybridized carbons (Fsp3) is 0.476. The zero-order valence-corrected chi connectivity index (χ0v) is 15.1. The molecule has 4 aliphatic carbocycles. The van der Waals surface area contributed by atoms with Gasteiger partial charge in [0.05, 0.1) is 0 Å². The average molecular weight is 358 g/mol. The molecule has 6 rings (SSSR count). The number of fused-ring (bicyclic) bond motifs is 1. The first-order valence-electron chi connectivity index (χ1n) is 9.11. The van der Waals surface area contributed by atoms with Crippen LogP contribution in [0.3, 0.4) is 0 Å². The van der Waals surface area contributed by atoms with Gasteiger partial charge in [0.1, 0.15) is 11.4 Å². The standard InChI is InChI=1S/C21H23NO2.ClH/c22-19-8-20(17-4-2-1-3-16(17)18(19)12-23)24-21-9-13-5-14(10-21)7-15(6-13)11-21;/h1-4,8,12-15H,5-7,9-11,22H2;1H. The van der Waals surface area contributed by atoms with Crippen LogP contribution in [-0.4, -0.2) is 11.9 Å². The van der Waals surface area contributed by atoms with Crippen molar-refractivity contribution in [2.24, 2.45) is 17.8 Å². The summed E-state index contributed by atoms with van der Waals surface area (Å²) in [6.07, 6.45) is 8.60. The Morgan fingerprint density at radius 1 is 1.00 bits per heavy atom. The Hall–Kier alpha value is -1.74. The third-order valence-electron chi connectivity index (χ3n) is 6.51. The monoisotopic (exact) mass is 357 g/mol. The van der Waals surface area contributed by atoms with Crippen LogP contribution in [0.5, 0.6) is 5.75 Å². The summed E-state index contributed by atoms with van der Waals surface area (Å²) >= 11 is 0. The Balaban J connectivity index is 0.00000157. The van der Waals surface area contributed by atoms with Crippen LogP contribution >= 0.6 is 12.4 Å². The predicted octanol–water partition coefficient (Wildman–Crippen LogP) is 5.00. The molecule has 0 unspecified atom stereocenters. The van der Waals surface area contributed by atoms with E-state index >= 15 is 0 Å². The number of ether oxygens (including phenoxy) is 1. The predicted molar refractivity (Wildman–Crippen MR) is 103 cm³/mol. The van der Waals surface area contributed by atoms with E-state index in [-0.39, 0.29) is 18.0 Å². The molecule has 4 fully saturated rings. The van der Waals surface area contributed by atoms with Crippen molar-refractivity contribution in [3.8, 4) is 5.75 Å². The molecule has 4 bridgehead atoms. The van der Waals surface area contributed by atoms with Gasteiger partial charge in [0, 0.05) is 22.7 Å². The van der Waals surface area contributed by atoms with Crippen molar-refractivity contribution in [1.29, 1.82) is 0 Å². The van der Waals surface area contributed by atoms with Crippen molar-refractivity contribution in [2.75, 3.05) is 5.73 Å². The molecular weight excluding hydrogens is 334 g/mol. The molecule has 4 heteroatoms. The van der Waals surface area contributed by atoms with Crippen molar-refractivity contribution >= 4 is 35.2 Å². The summed E-state index contributed by atoms with van der Waals surface area (Å²) in [4.78, 5) is 11.4. The summed E-state index contributed by atoms with van der Waals surface area (Å²) in [5.74, 6) is 3.38. The largest absolute Gasteiger partial charge is 0.487 e. The van der Waals surface area contributed by atoms with E-state index in [1.165, 1.54) is 38.5 Å². The maximum absolute atomic E-state index is 11.4. The molecular formula is C21H24ClNO2. The summed E-state index contributed by atoms with van der Waals surface area (Å²) in [6.45, 7) is 0. The van der Waals surface area contributed by atoms with E-state index in [1.807, 2.05) is 30.3 Å². The fourth-order valence-electron chi connectivity index (χ4n) is 5.99. The molecule has 0 heterocycles. The highest BCUT2D eigenvalue weighted by atomic mass is 35.5. The smallest absolute Gasteiger partial charge is 0.152 e. The lowest BCUT2D eigenvalue weighted by atomic mass is 9.54. The minimum absolute atomic E-state index is 0. The van der Waals surface area contributed by atoms with Crippen LogP contribution in [0.25, 0.3) is 10.8 Å². The second kappa shape index (κ2) is 5.91. The number of aldehydes is 1. The van der Waals surface area contributed by atoms with Gasteiger partial charge in [-0.1, -0.05) is 24.3 Å². The highest BCUT2D eigenvalue weighted by Gasteiger charge is 2.52. The van der Waals surface area contributed by atoms with E-state index in [4.69, 9.17) is 10.5 Å². The summed E-state index contributed by atoms with van der Waals surface area (Å²) in [7, 11) is 0. The fourth-order valence-corrected chi connectivity index (χ4v) is 5.99. The van der Waals surface area contributed by atoms with Crippen molar-refractivity contribution in [1.82, 2.24) is 0 Å². The molecule has 0 amide bonds. The number of carbonyl (C=O) groups excluding carboxylic acids is 1. The number of nitrogens with two attached hydrogens (primary N) is 1. The first-order valence-corrected chi connectivity index (χ1v) is 9.11. The third kappa shape index (κ3) is 2.60. The van der Waals surface area contributed by atoms with Gasteiger partial charge in [-0.3, -0.25) is 4.79 Å². The van der Waals surface area contributed by atoms with Crippen molar-refractivity contribution < 1.29 is 9.53 Å². The van der Waals surface area contributed by atoms with Crippen LogP contribution < -0.4 is 10.5 Å². The maximum Gasteiger partial charge on any atom is 0.152 e. The second-order valence-corrected chi connectivity index (χ2v) is 8.24. The van der Waals surface area contributed by atoms with Gasteiger partial charge < -0.3 is 10.5 Å². The summed E-state index contributed by atoms with van der Waals surface area (Å²) in [5.41, 5.74) is 7.24. The molecule has 4 aliphatic rings. The van der Waals surface area contributed by atoms with Gasteiger partial charge in [-0.2, -0.15) is 0 Å². The van der Waals surface area contributed by atoms with Crippen LogP contribution in [-0.2, 0) is 0 Å². The molecule has 3 nitrogen and oxygen atoms in total. The Morgan fingerprint density at radius 2 is 1.56 bits per heavy atom. The van der Waals surface area contributed by atoms with Crippen LogP contribution in [0.2, 0.25) is 0 Å². The molecule has 2 N–H and O–H groups in total. The van der Waals surface area contributed by atoms with Crippen molar-refractivity contribution in [3.63, 3.8) is 0 Å². The minimum atomic E-state index is -0.00728. The first-order chi connectivity index (χ1) is 11.7. The molecule has 0 spiro atoms. The van der Waals surface area contributed by atoms with E-state index in [1.54, 1.807) is 0 Å². The summed E-state index contributed by atoms with van der Waals surface area (Å²) < 4.78 is 6.71. The molecule has 0 aliphatic heterocycles. The number of rotatable bonds is 3. The van der Waals surface area contributed by atoms with Crippen LogP contribution in [0.15, 0.2) is 30.3 Å². The molecule has 2 aromatic rings. The van der Waals surface area contributed by atoms with Gasteiger partial charge >= 0.3 is 0 Å². The maximum atomic E-state index is 11.4. The van der Waals surface area contributed by atoms with Gasteiger partial charge in [-0.25, -0.2) is 0 Å². The van der Waals surface area contributed by atoms with Crippen molar-refractivity contribution in [2.45, 2.75) is 44.1 Å². The van der Waals surface area contributed by atoms with Gasteiger partial charge in [-0.15, -0.1) is 12.4 Å². The lowest BCUT2D eigenvalue weighted by molar-refractivity contribution is -0.107. The normalized spacial score (nSPS) is 32.4.